The summed E-state index contributed by atoms with van der Waals surface area (Å²) in [6.07, 6.45) is 3.29. The Morgan fingerprint density at radius 2 is 2.33 bits per heavy atom. The number of hydrogen-bond donors (Lipinski definition) is 1. The van der Waals surface area contributed by atoms with Crippen LogP contribution in [0.25, 0.3) is 0 Å². The minimum Gasteiger partial charge on any atom is -0.465 e. The third-order valence-corrected chi connectivity index (χ3v) is 2.98. The van der Waals surface area contributed by atoms with Gasteiger partial charge in [0, 0.05) is 24.7 Å². The van der Waals surface area contributed by atoms with Gasteiger partial charge in [-0.1, -0.05) is 6.92 Å². The van der Waals surface area contributed by atoms with Gasteiger partial charge in [-0.15, -0.1) is 0 Å². The van der Waals surface area contributed by atoms with Crippen molar-refractivity contribution in [2.75, 3.05) is 7.11 Å². The molecule has 2 atom stereocenters. The first kappa shape index (κ1) is 10.1. The van der Waals surface area contributed by atoms with Crippen molar-refractivity contribution in [2.45, 2.75) is 25.4 Å². The number of aromatic nitrogens is 1. The first-order valence-electron chi connectivity index (χ1n) is 4.88. The number of carbonyl (C=O) groups is 1. The molecule has 0 saturated carbocycles. The summed E-state index contributed by atoms with van der Waals surface area (Å²) in [7, 11) is 1.34. The smallest absolute Gasteiger partial charge is 0.339 e. The van der Waals surface area contributed by atoms with Crippen LogP contribution < -0.4 is 0 Å². The lowest BCUT2D eigenvalue weighted by molar-refractivity contribution is 0.0599. The van der Waals surface area contributed by atoms with Crippen LogP contribution in [-0.2, 0) is 11.2 Å². The summed E-state index contributed by atoms with van der Waals surface area (Å²) in [5.41, 5.74) is 2.29. The maximum atomic E-state index is 11.4. The van der Waals surface area contributed by atoms with Gasteiger partial charge >= 0.3 is 5.97 Å². The number of ether oxygens (including phenoxy) is 1. The molecule has 1 aliphatic carbocycles. The van der Waals surface area contributed by atoms with Gasteiger partial charge in [-0.2, -0.15) is 0 Å². The van der Waals surface area contributed by atoms with Crippen molar-refractivity contribution in [1.29, 1.82) is 0 Å². The second-order valence-corrected chi connectivity index (χ2v) is 3.81. The number of rotatable bonds is 1. The zero-order valence-corrected chi connectivity index (χ0v) is 8.73. The third-order valence-electron chi connectivity index (χ3n) is 2.98. The lowest BCUT2D eigenvalue weighted by Crippen LogP contribution is -2.09. The predicted molar refractivity (Wildman–Crippen MR) is 53.7 cm³/mol. The molecule has 1 aromatic rings. The van der Waals surface area contributed by atoms with Crippen LogP contribution in [0.1, 0.15) is 34.3 Å². The summed E-state index contributed by atoms with van der Waals surface area (Å²) in [5, 5.41) is 9.72. The second-order valence-electron chi connectivity index (χ2n) is 3.81. The Hall–Kier alpha value is -1.42. The Morgan fingerprint density at radius 3 is 3.00 bits per heavy atom. The summed E-state index contributed by atoms with van der Waals surface area (Å²) < 4.78 is 4.67. The van der Waals surface area contributed by atoms with Crippen LogP contribution in [0, 0.1) is 0 Å². The molecule has 1 N–H and O–H groups in total. The fraction of sp³-hybridized carbons (Fsp3) is 0.455. The first-order valence-corrected chi connectivity index (χ1v) is 4.88. The van der Waals surface area contributed by atoms with Gasteiger partial charge in [0.25, 0.3) is 0 Å². The van der Waals surface area contributed by atoms with E-state index in [1.165, 1.54) is 13.3 Å². The molecule has 4 heteroatoms. The highest BCUT2D eigenvalue weighted by Crippen LogP contribution is 2.34. The van der Waals surface area contributed by atoms with Crippen LogP contribution in [0.15, 0.2) is 12.4 Å². The van der Waals surface area contributed by atoms with Crippen LogP contribution in [0.3, 0.4) is 0 Å². The van der Waals surface area contributed by atoms with Crippen molar-refractivity contribution in [3.8, 4) is 0 Å². The molecular weight excluding hydrogens is 194 g/mol. The van der Waals surface area contributed by atoms with E-state index in [0.717, 1.165) is 11.1 Å². The maximum Gasteiger partial charge on any atom is 0.339 e. The molecule has 2 rings (SSSR count). The van der Waals surface area contributed by atoms with Crippen molar-refractivity contribution >= 4 is 5.97 Å². The van der Waals surface area contributed by atoms with E-state index in [1.807, 2.05) is 6.92 Å². The fourth-order valence-corrected chi connectivity index (χ4v) is 2.00. The average molecular weight is 207 g/mol. The normalized spacial score (nSPS) is 23.7. The lowest BCUT2D eigenvalue weighted by Gasteiger charge is -2.07. The quantitative estimate of drug-likeness (QED) is 0.695. The molecule has 0 aromatic carbocycles. The number of aliphatic hydroxyl groups is 1. The van der Waals surface area contributed by atoms with Crippen LogP contribution in [0.5, 0.6) is 0 Å². The van der Waals surface area contributed by atoms with E-state index < -0.39 is 6.10 Å². The van der Waals surface area contributed by atoms with Crippen molar-refractivity contribution < 1.29 is 14.6 Å². The Labute approximate surface area is 87.9 Å². The summed E-state index contributed by atoms with van der Waals surface area (Å²) in [4.78, 5) is 15.4. The molecule has 4 nitrogen and oxygen atoms in total. The van der Waals surface area contributed by atoms with Gasteiger partial charge in [0.1, 0.15) is 0 Å². The van der Waals surface area contributed by atoms with E-state index in [2.05, 4.69) is 9.72 Å². The van der Waals surface area contributed by atoms with Gasteiger partial charge in [0.05, 0.1) is 18.8 Å². The number of methoxy groups -OCH3 is 1. The molecule has 0 aliphatic heterocycles. The van der Waals surface area contributed by atoms with E-state index in [-0.39, 0.29) is 11.9 Å². The van der Waals surface area contributed by atoms with Crippen LogP contribution in [-0.4, -0.2) is 29.3 Å². The summed E-state index contributed by atoms with van der Waals surface area (Å²) in [6.45, 7) is 1.93. The topological polar surface area (TPSA) is 59.4 Å². The zero-order chi connectivity index (χ0) is 11.0. The number of carbonyl (C=O) groups excluding carboxylic acids is 1. The molecule has 0 amide bonds. The number of nitrogens with zero attached hydrogens (tertiary/aromatic N) is 1. The second kappa shape index (κ2) is 3.62. The Bertz CT molecular complexity index is 403. The Kier molecular flexibility index (Phi) is 2.44. The largest absolute Gasteiger partial charge is 0.465 e. The highest BCUT2D eigenvalue weighted by molar-refractivity contribution is 5.91. The average Bonchev–Trinajstić information content (AvgIpc) is 2.54. The highest BCUT2D eigenvalue weighted by atomic mass is 16.5. The van der Waals surface area contributed by atoms with Gasteiger partial charge in [-0.25, -0.2) is 4.79 Å². The molecule has 15 heavy (non-hydrogen) atoms. The van der Waals surface area contributed by atoms with Crippen molar-refractivity contribution in [1.82, 2.24) is 4.98 Å². The van der Waals surface area contributed by atoms with Gasteiger partial charge in [-0.3, -0.25) is 4.98 Å². The van der Waals surface area contributed by atoms with Gasteiger partial charge in [0.2, 0.25) is 0 Å². The molecule has 1 aromatic heterocycles. The fourth-order valence-electron chi connectivity index (χ4n) is 2.00. The van der Waals surface area contributed by atoms with Crippen LogP contribution in [0.2, 0.25) is 0 Å². The highest BCUT2D eigenvalue weighted by Gasteiger charge is 2.31. The lowest BCUT2D eigenvalue weighted by atomic mass is 10.0. The first-order chi connectivity index (χ1) is 7.15. The number of pyridine rings is 1. The van der Waals surface area contributed by atoms with Gasteiger partial charge < -0.3 is 9.84 Å². The molecule has 1 heterocycles. The van der Waals surface area contributed by atoms with Crippen LogP contribution >= 0.6 is 0 Å². The molecule has 2 unspecified atom stereocenters. The SMILES string of the molecule is COC(=O)c1cncc2c1CC(O)C2C. The summed E-state index contributed by atoms with van der Waals surface area (Å²) in [6, 6.07) is 0. The van der Waals surface area contributed by atoms with E-state index in [9.17, 15) is 9.90 Å². The number of aliphatic hydroxyl groups excluding tert-OH is 1. The number of esters is 1. The standard InChI is InChI=1S/C11H13NO3/c1-6-8-4-12-5-9(11(14)15-2)7(8)3-10(6)13/h4-6,10,13H,3H2,1-2H3. The molecule has 80 valence electrons. The molecular formula is C11H13NO3. The summed E-state index contributed by atoms with van der Waals surface area (Å²) >= 11 is 0. The number of hydrogen-bond acceptors (Lipinski definition) is 4. The van der Waals surface area contributed by atoms with E-state index in [4.69, 9.17) is 0 Å². The summed E-state index contributed by atoms with van der Waals surface area (Å²) in [5.74, 6) is -0.349. The van der Waals surface area contributed by atoms with Gasteiger partial charge in [0.15, 0.2) is 0 Å². The number of fused-ring (bicyclic) bond motifs is 1. The molecule has 0 bridgehead atoms. The van der Waals surface area contributed by atoms with Crippen molar-refractivity contribution in [2.24, 2.45) is 0 Å². The molecule has 0 spiro atoms. The van der Waals surface area contributed by atoms with E-state index in [0.29, 0.717) is 12.0 Å². The monoisotopic (exact) mass is 207 g/mol. The molecule has 0 fully saturated rings. The predicted octanol–water partition coefficient (Wildman–Crippen LogP) is 0.889. The minimum absolute atomic E-state index is 0.0390. The third kappa shape index (κ3) is 1.51. The molecule has 0 radical (unpaired) electrons. The Morgan fingerprint density at radius 1 is 1.60 bits per heavy atom. The maximum absolute atomic E-state index is 11.4. The zero-order valence-electron chi connectivity index (χ0n) is 8.73. The minimum atomic E-state index is -0.424. The molecule has 0 saturated heterocycles. The Balaban J connectivity index is 2.49. The van der Waals surface area contributed by atoms with Gasteiger partial charge in [-0.05, 0) is 11.1 Å². The van der Waals surface area contributed by atoms with E-state index in [1.54, 1.807) is 6.20 Å². The van der Waals surface area contributed by atoms with E-state index >= 15 is 0 Å². The van der Waals surface area contributed by atoms with Crippen molar-refractivity contribution in [3.63, 3.8) is 0 Å². The van der Waals surface area contributed by atoms with Crippen molar-refractivity contribution in [3.05, 3.63) is 29.1 Å². The molecule has 1 aliphatic rings. The van der Waals surface area contributed by atoms with Crippen LogP contribution in [0.4, 0.5) is 0 Å².